The molecule has 0 atom stereocenters. The van der Waals surface area contributed by atoms with Gasteiger partial charge in [-0.2, -0.15) is 0 Å². The SMILES string of the molecule is C=CC(=O)NCCOc1cccc(/C=C/C(=O)NCc2ccc(OC)c(OC)c2)c1. The Morgan fingerprint density at radius 1 is 1.00 bits per heavy atom. The van der Waals surface area contributed by atoms with E-state index in [9.17, 15) is 9.59 Å². The molecular formula is C23H26N2O5. The van der Waals surface area contributed by atoms with Gasteiger partial charge in [-0.05, 0) is 47.5 Å². The third-order valence-electron chi connectivity index (χ3n) is 4.06. The lowest BCUT2D eigenvalue weighted by Gasteiger charge is -2.09. The highest BCUT2D eigenvalue weighted by Crippen LogP contribution is 2.27. The Morgan fingerprint density at radius 2 is 1.80 bits per heavy atom. The van der Waals surface area contributed by atoms with Crippen molar-refractivity contribution in [3.63, 3.8) is 0 Å². The molecule has 0 aliphatic carbocycles. The van der Waals surface area contributed by atoms with Crippen LogP contribution >= 0.6 is 0 Å². The number of rotatable bonds is 11. The summed E-state index contributed by atoms with van der Waals surface area (Å²) in [4.78, 5) is 23.2. The molecule has 2 aromatic carbocycles. The maximum Gasteiger partial charge on any atom is 0.244 e. The zero-order valence-electron chi connectivity index (χ0n) is 17.1. The number of amides is 2. The lowest BCUT2D eigenvalue weighted by atomic mass is 10.2. The van der Waals surface area contributed by atoms with E-state index in [1.54, 1.807) is 26.4 Å². The van der Waals surface area contributed by atoms with Crippen LogP contribution in [0, 0.1) is 0 Å². The van der Waals surface area contributed by atoms with Crippen molar-refractivity contribution in [3.8, 4) is 17.2 Å². The number of hydrogen-bond acceptors (Lipinski definition) is 5. The van der Waals surface area contributed by atoms with Gasteiger partial charge in [0.2, 0.25) is 11.8 Å². The molecule has 0 saturated heterocycles. The molecule has 2 amide bonds. The number of ether oxygens (including phenoxy) is 3. The van der Waals surface area contributed by atoms with Gasteiger partial charge in [0.25, 0.3) is 0 Å². The molecule has 0 radical (unpaired) electrons. The molecule has 2 N–H and O–H groups in total. The van der Waals surface area contributed by atoms with Crippen LogP contribution in [-0.2, 0) is 16.1 Å². The van der Waals surface area contributed by atoms with Crippen LogP contribution in [0.5, 0.6) is 17.2 Å². The summed E-state index contributed by atoms with van der Waals surface area (Å²) in [5, 5.41) is 5.46. The Bertz CT molecular complexity index is 908. The van der Waals surface area contributed by atoms with E-state index in [1.807, 2.05) is 36.4 Å². The summed E-state index contributed by atoms with van der Waals surface area (Å²) in [5.41, 5.74) is 1.72. The summed E-state index contributed by atoms with van der Waals surface area (Å²) >= 11 is 0. The summed E-state index contributed by atoms with van der Waals surface area (Å²) in [6, 6.07) is 12.8. The quantitative estimate of drug-likeness (QED) is 0.439. The fraction of sp³-hybridized carbons (Fsp3) is 0.217. The summed E-state index contributed by atoms with van der Waals surface area (Å²) in [6.45, 7) is 4.46. The highest BCUT2D eigenvalue weighted by molar-refractivity contribution is 5.91. The largest absolute Gasteiger partial charge is 0.493 e. The number of benzene rings is 2. The van der Waals surface area contributed by atoms with Gasteiger partial charge in [0.05, 0.1) is 20.8 Å². The van der Waals surface area contributed by atoms with E-state index in [1.165, 1.54) is 12.2 Å². The maximum atomic E-state index is 12.1. The molecule has 0 aliphatic heterocycles. The second-order valence-electron chi connectivity index (χ2n) is 6.16. The van der Waals surface area contributed by atoms with Crippen LogP contribution in [0.1, 0.15) is 11.1 Å². The number of methoxy groups -OCH3 is 2. The number of carbonyl (C=O) groups excluding carboxylic acids is 2. The summed E-state index contributed by atoms with van der Waals surface area (Å²) in [7, 11) is 3.14. The van der Waals surface area contributed by atoms with Crippen LogP contribution < -0.4 is 24.8 Å². The van der Waals surface area contributed by atoms with Gasteiger partial charge in [-0.3, -0.25) is 9.59 Å². The van der Waals surface area contributed by atoms with Crippen molar-refractivity contribution >= 4 is 17.9 Å². The minimum Gasteiger partial charge on any atom is -0.493 e. The van der Waals surface area contributed by atoms with Crippen LogP contribution in [0.15, 0.2) is 61.2 Å². The predicted molar refractivity (Wildman–Crippen MR) is 116 cm³/mol. The third kappa shape index (κ3) is 7.35. The van der Waals surface area contributed by atoms with E-state index >= 15 is 0 Å². The Kier molecular flexibility index (Phi) is 8.99. The first-order valence-corrected chi connectivity index (χ1v) is 9.35. The summed E-state index contributed by atoms with van der Waals surface area (Å²) < 4.78 is 16.1. The average molecular weight is 410 g/mol. The van der Waals surface area contributed by atoms with Crippen molar-refractivity contribution in [1.29, 1.82) is 0 Å². The highest BCUT2D eigenvalue weighted by atomic mass is 16.5. The van der Waals surface area contributed by atoms with Crippen LogP contribution in [0.4, 0.5) is 0 Å². The van der Waals surface area contributed by atoms with Crippen molar-refractivity contribution < 1.29 is 23.8 Å². The monoisotopic (exact) mass is 410 g/mol. The van der Waals surface area contributed by atoms with Crippen molar-refractivity contribution in [2.75, 3.05) is 27.4 Å². The molecule has 7 heteroatoms. The van der Waals surface area contributed by atoms with Gasteiger partial charge in [-0.25, -0.2) is 0 Å². The number of hydrogen-bond donors (Lipinski definition) is 2. The lowest BCUT2D eigenvalue weighted by Crippen LogP contribution is -2.26. The Labute approximate surface area is 176 Å². The second-order valence-corrected chi connectivity index (χ2v) is 6.16. The van der Waals surface area contributed by atoms with Crippen molar-refractivity contribution in [2.45, 2.75) is 6.54 Å². The fourth-order valence-corrected chi connectivity index (χ4v) is 2.53. The molecule has 30 heavy (non-hydrogen) atoms. The summed E-state index contributed by atoms with van der Waals surface area (Å²) in [5.74, 6) is 1.44. The molecule has 0 heterocycles. The molecule has 2 rings (SSSR count). The first-order valence-electron chi connectivity index (χ1n) is 9.35. The van der Waals surface area contributed by atoms with Crippen LogP contribution in [-0.4, -0.2) is 39.2 Å². The average Bonchev–Trinajstić information content (AvgIpc) is 2.78. The van der Waals surface area contributed by atoms with Crippen molar-refractivity contribution in [3.05, 3.63) is 72.3 Å². The summed E-state index contributed by atoms with van der Waals surface area (Å²) in [6.07, 6.45) is 4.38. The van der Waals surface area contributed by atoms with Gasteiger partial charge in [0.15, 0.2) is 11.5 Å². The van der Waals surface area contributed by atoms with E-state index < -0.39 is 0 Å². The normalized spacial score (nSPS) is 10.3. The van der Waals surface area contributed by atoms with Gasteiger partial charge in [0.1, 0.15) is 12.4 Å². The van der Waals surface area contributed by atoms with E-state index in [4.69, 9.17) is 14.2 Å². The van der Waals surface area contributed by atoms with E-state index in [0.29, 0.717) is 36.9 Å². The predicted octanol–water partition coefficient (Wildman–Crippen LogP) is 2.71. The minimum atomic E-state index is -0.241. The molecule has 0 spiro atoms. The Hall–Kier alpha value is -3.74. The highest BCUT2D eigenvalue weighted by Gasteiger charge is 2.05. The molecule has 0 bridgehead atoms. The molecule has 7 nitrogen and oxygen atoms in total. The Morgan fingerprint density at radius 3 is 2.53 bits per heavy atom. The topological polar surface area (TPSA) is 85.9 Å². The molecule has 0 fully saturated rings. The maximum absolute atomic E-state index is 12.1. The van der Waals surface area contributed by atoms with Crippen LogP contribution in [0.2, 0.25) is 0 Å². The Balaban J connectivity index is 1.84. The van der Waals surface area contributed by atoms with Crippen LogP contribution in [0.3, 0.4) is 0 Å². The number of nitrogens with one attached hydrogen (secondary N) is 2. The molecule has 2 aromatic rings. The third-order valence-corrected chi connectivity index (χ3v) is 4.06. The standard InChI is InChI=1S/C23H26N2O5/c1-4-22(26)24-12-13-30-19-7-5-6-17(14-19)9-11-23(27)25-16-18-8-10-20(28-2)21(15-18)29-3/h4-11,14-15H,1,12-13,16H2,2-3H3,(H,24,26)(H,25,27)/b11-9+. The van der Waals surface area contributed by atoms with Gasteiger partial charge in [-0.1, -0.05) is 24.8 Å². The minimum absolute atomic E-state index is 0.219. The van der Waals surface area contributed by atoms with Crippen LogP contribution in [0.25, 0.3) is 6.08 Å². The zero-order chi connectivity index (χ0) is 21.8. The first-order chi connectivity index (χ1) is 14.5. The van der Waals surface area contributed by atoms with Crippen molar-refractivity contribution in [2.24, 2.45) is 0 Å². The first kappa shape index (κ1) is 22.5. The van der Waals surface area contributed by atoms with Gasteiger partial charge in [-0.15, -0.1) is 0 Å². The fourth-order valence-electron chi connectivity index (χ4n) is 2.53. The molecule has 0 aliphatic rings. The van der Waals surface area contributed by atoms with Gasteiger partial charge < -0.3 is 24.8 Å². The van der Waals surface area contributed by atoms with E-state index in [2.05, 4.69) is 17.2 Å². The molecule has 158 valence electrons. The molecular weight excluding hydrogens is 384 g/mol. The van der Waals surface area contributed by atoms with Gasteiger partial charge in [0, 0.05) is 12.6 Å². The molecule has 0 saturated carbocycles. The molecule has 0 aromatic heterocycles. The van der Waals surface area contributed by atoms with E-state index in [0.717, 1.165) is 11.1 Å². The second kappa shape index (κ2) is 12.0. The zero-order valence-corrected chi connectivity index (χ0v) is 17.1. The smallest absolute Gasteiger partial charge is 0.244 e. The molecule has 0 unspecified atom stereocenters. The number of carbonyl (C=O) groups is 2. The van der Waals surface area contributed by atoms with Crippen molar-refractivity contribution in [1.82, 2.24) is 10.6 Å². The van der Waals surface area contributed by atoms with Gasteiger partial charge >= 0.3 is 0 Å². The van der Waals surface area contributed by atoms with E-state index in [-0.39, 0.29) is 11.8 Å². The lowest BCUT2D eigenvalue weighted by molar-refractivity contribution is -0.117.